The molecule has 0 radical (unpaired) electrons. The van der Waals surface area contributed by atoms with Gasteiger partial charge in [-0.25, -0.2) is 17.8 Å². The van der Waals surface area contributed by atoms with Crippen molar-refractivity contribution in [1.29, 1.82) is 0 Å². The predicted molar refractivity (Wildman–Crippen MR) is 80.4 cm³/mol. The topological polar surface area (TPSA) is 99.3 Å². The highest BCUT2D eigenvalue weighted by Crippen LogP contribution is 2.26. The molecule has 1 aromatic carbocycles. The summed E-state index contributed by atoms with van der Waals surface area (Å²) in [5, 5.41) is 8.75. The van der Waals surface area contributed by atoms with E-state index in [1.54, 1.807) is 10.7 Å². The van der Waals surface area contributed by atoms with Gasteiger partial charge in [-0.1, -0.05) is 17.3 Å². The number of aromatic nitrogens is 3. The van der Waals surface area contributed by atoms with Crippen molar-refractivity contribution in [3.05, 3.63) is 36.2 Å². The Balaban J connectivity index is 1.59. The van der Waals surface area contributed by atoms with Gasteiger partial charge in [-0.05, 0) is 12.1 Å². The van der Waals surface area contributed by atoms with Crippen LogP contribution in [0.5, 0.6) is 5.88 Å². The average molecular weight is 334 g/mol. The molecule has 0 unspecified atom stereocenters. The third kappa shape index (κ3) is 2.47. The minimum absolute atomic E-state index is 0.0317. The van der Waals surface area contributed by atoms with Crippen molar-refractivity contribution in [1.82, 2.24) is 19.7 Å². The van der Waals surface area contributed by atoms with Crippen LogP contribution in [0.2, 0.25) is 0 Å². The number of hydrogen-bond acceptors (Lipinski definition) is 6. The molecular formula is C14H14N4O4S. The third-order valence-electron chi connectivity index (χ3n) is 3.68. The van der Waals surface area contributed by atoms with Crippen molar-refractivity contribution in [3.8, 4) is 5.88 Å². The van der Waals surface area contributed by atoms with Crippen molar-refractivity contribution in [2.45, 2.75) is 24.4 Å². The zero-order chi connectivity index (χ0) is 15.9. The van der Waals surface area contributed by atoms with Gasteiger partial charge in [0, 0.05) is 18.4 Å². The van der Waals surface area contributed by atoms with Gasteiger partial charge in [-0.3, -0.25) is 0 Å². The molecule has 8 nitrogen and oxygen atoms in total. The first-order chi connectivity index (χ1) is 11.1. The largest absolute Gasteiger partial charge is 0.477 e. The summed E-state index contributed by atoms with van der Waals surface area (Å²) in [5.74, 6) is 0.286. The van der Waals surface area contributed by atoms with Gasteiger partial charge in [0.15, 0.2) is 10.5 Å². The fourth-order valence-electron chi connectivity index (χ4n) is 2.54. The molecule has 0 bridgehead atoms. The van der Waals surface area contributed by atoms with Crippen LogP contribution in [0.15, 0.2) is 39.9 Å². The molecule has 0 aliphatic carbocycles. The number of hydrogen-bond donors (Lipinski definition) is 1. The molecule has 0 atom stereocenters. The van der Waals surface area contributed by atoms with Crippen LogP contribution >= 0.6 is 0 Å². The zero-order valence-electron chi connectivity index (χ0n) is 12.1. The van der Waals surface area contributed by atoms with Crippen LogP contribution in [0.4, 0.5) is 0 Å². The number of nitrogens with zero attached hydrogens (tertiary/aromatic N) is 3. The van der Waals surface area contributed by atoms with Gasteiger partial charge < -0.3 is 9.26 Å². The standard InChI is InChI=1S/C14H14N4O4S/c19-23(20,13-9-15-18-6-3-7-21-14(13)18)16-8-11-10-4-1-2-5-12(10)22-17-11/h1-2,4-5,9,16H,3,6-8H2. The zero-order valence-corrected chi connectivity index (χ0v) is 12.9. The summed E-state index contributed by atoms with van der Waals surface area (Å²) in [7, 11) is -3.74. The lowest BCUT2D eigenvalue weighted by Crippen LogP contribution is -2.25. The molecule has 0 saturated carbocycles. The van der Waals surface area contributed by atoms with Crippen LogP contribution < -0.4 is 9.46 Å². The number of rotatable bonds is 4. The smallest absolute Gasteiger partial charge is 0.247 e. The number of aryl methyl sites for hydroxylation is 1. The van der Waals surface area contributed by atoms with E-state index in [-0.39, 0.29) is 17.3 Å². The summed E-state index contributed by atoms with van der Waals surface area (Å²) in [6, 6.07) is 7.29. The summed E-state index contributed by atoms with van der Waals surface area (Å²) in [6.07, 6.45) is 2.12. The molecule has 0 saturated heterocycles. The lowest BCUT2D eigenvalue weighted by molar-refractivity contribution is 0.224. The third-order valence-corrected chi connectivity index (χ3v) is 5.07. The number of fused-ring (bicyclic) bond motifs is 2. The second-order valence-electron chi connectivity index (χ2n) is 5.19. The Morgan fingerprint density at radius 3 is 3.09 bits per heavy atom. The molecule has 2 aromatic heterocycles. The quantitative estimate of drug-likeness (QED) is 0.772. The van der Waals surface area contributed by atoms with Crippen LogP contribution in [-0.2, 0) is 23.1 Å². The lowest BCUT2D eigenvalue weighted by atomic mass is 10.2. The first-order valence-electron chi connectivity index (χ1n) is 7.17. The molecule has 9 heteroatoms. The molecule has 4 rings (SSSR count). The van der Waals surface area contributed by atoms with Crippen LogP contribution in [-0.4, -0.2) is 30.0 Å². The Kier molecular flexibility index (Phi) is 3.31. The molecule has 0 fully saturated rings. The van der Waals surface area contributed by atoms with Crippen LogP contribution in [0.3, 0.4) is 0 Å². The van der Waals surface area contributed by atoms with E-state index in [9.17, 15) is 8.42 Å². The maximum absolute atomic E-state index is 12.5. The summed E-state index contributed by atoms with van der Waals surface area (Å²) >= 11 is 0. The monoisotopic (exact) mass is 334 g/mol. The summed E-state index contributed by atoms with van der Waals surface area (Å²) < 4.78 is 39.7. The van der Waals surface area contributed by atoms with E-state index in [4.69, 9.17) is 9.26 Å². The SMILES string of the molecule is O=S(=O)(NCc1noc2ccccc12)c1cnn2c1OCCC2. The minimum atomic E-state index is -3.74. The highest BCUT2D eigenvalue weighted by molar-refractivity contribution is 7.89. The molecule has 1 aliphatic rings. The Morgan fingerprint density at radius 2 is 2.17 bits per heavy atom. The number of ether oxygens (including phenoxy) is 1. The van der Waals surface area contributed by atoms with E-state index >= 15 is 0 Å². The van der Waals surface area contributed by atoms with Gasteiger partial charge in [0.05, 0.1) is 19.3 Å². The second kappa shape index (κ2) is 5.36. The first-order valence-corrected chi connectivity index (χ1v) is 8.65. The number of sulfonamides is 1. The number of para-hydroxylation sites is 1. The fourth-order valence-corrected chi connectivity index (χ4v) is 3.60. The van der Waals surface area contributed by atoms with E-state index < -0.39 is 10.0 Å². The van der Waals surface area contributed by atoms with Crippen molar-refractivity contribution in [2.75, 3.05) is 6.61 Å². The molecule has 1 aliphatic heterocycles. The molecule has 1 N–H and O–H groups in total. The highest BCUT2D eigenvalue weighted by atomic mass is 32.2. The Hall–Kier alpha value is -2.39. The van der Waals surface area contributed by atoms with E-state index in [1.807, 2.05) is 18.2 Å². The van der Waals surface area contributed by atoms with E-state index in [2.05, 4.69) is 15.0 Å². The summed E-state index contributed by atoms with van der Waals surface area (Å²) in [5.41, 5.74) is 1.15. The number of nitrogens with one attached hydrogen (secondary N) is 1. The maximum atomic E-state index is 12.5. The van der Waals surface area contributed by atoms with Gasteiger partial charge in [0.2, 0.25) is 15.9 Å². The lowest BCUT2D eigenvalue weighted by Gasteiger charge is -2.16. The van der Waals surface area contributed by atoms with Gasteiger partial charge in [0.1, 0.15) is 5.69 Å². The van der Waals surface area contributed by atoms with Crippen molar-refractivity contribution in [2.24, 2.45) is 0 Å². The molecule has 23 heavy (non-hydrogen) atoms. The molecule has 3 heterocycles. The van der Waals surface area contributed by atoms with Crippen LogP contribution in [0.25, 0.3) is 11.0 Å². The first kappa shape index (κ1) is 14.2. The highest BCUT2D eigenvalue weighted by Gasteiger charge is 2.26. The van der Waals surface area contributed by atoms with Crippen molar-refractivity contribution in [3.63, 3.8) is 0 Å². The molecule has 120 valence electrons. The van der Waals surface area contributed by atoms with Crippen molar-refractivity contribution >= 4 is 21.0 Å². The van der Waals surface area contributed by atoms with E-state index in [1.165, 1.54) is 6.20 Å². The maximum Gasteiger partial charge on any atom is 0.247 e. The fraction of sp³-hybridized carbons (Fsp3) is 0.286. The van der Waals surface area contributed by atoms with Gasteiger partial charge >= 0.3 is 0 Å². The van der Waals surface area contributed by atoms with Gasteiger partial charge in [-0.15, -0.1) is 0 Å². The Morgan fingerprint density at radius 1 is 1.30 bits per heavy atom. The molecular weight excluding hydrogens is 320 g/mol. The normalized spacial score (nSPS) is 14.6. The van der Waals surface area contributed by atoms with Crippen molar-refractivity contribution < 1.29 is 17.7 Å². The van der Waals surface area contributed by atoms with E-state index in [0.717, 1.165) is 11.8 Å². The second-order valence-corrected chi connectivity index (χ2v) is 6.92. The van der Waals surface area contributed by atoms with Crippen LogP contribution in [0, 0.1) is 0 Å². The average Bonchev–Trinajstić information content (AvgIpc) is 3.17. The molecule has 0 amide bonds. The predicted octanol–water partition coefficient (Wildman–Crippen LogP) is 1.29. The molecule has 0 spiro atoms. The Labute approximate surface area is 132 Å². The summed E-state index contributed by atoms with van der Waals surface area (Å²) in [6.45, 7) is 1.17. The van der Waals surface area contributed by atoms with Gasteiger partial charge in [-0.2, -0.15) is 5.10 Å². The van der Waals surface area contributed by atoms with Crippen LogP contribution in [0.1, 0.15) is 12.1 Å². The minimum Gasteiger partial charge on any atom is -0.477 e. The van der Waals surface area contributed by atoms with Gasteiger partial charge in [0.25, 0.3) is 0 Å². The number of benzene rings is 1. The summed E-state index contributed by atoms with van der Waals surface area (Å²) in [4.78, 5) is 0.0463. The molecule has 3 aromatic rings. The Bertz CT molecular complexity index is 960. The van der Waals surface area contributed by atoms with E-state index in [0.29, 0.717) is 24.4 Å².